The number of rotatable bonds is 18. The minimum Gasteiger partial charge on any atom is -0.493 e. The van der Waals surface area contributed by atoms with Gasteiger partial charge >= 0.3 is 0 Å². The van der Waals surface area contributed by atoms with E-state index in [2.05, 4.69) is 47.8 Å². The van der Waals surface area contributed by atoms with Crippen LogP contribution in [0.3, 0.4) is 0 Å². The highest BCUT2D eigenvalue weighted by Gasteiger charge is 2.05. The van der Waals surface area contributed by atoms with Gasteiger partial charge in [-0.1, -0.05) is 47.8 Å². The lowest BCUT2D eigenvalue weighted by atomic mass is 10.2. The van der Waals surface area contributed by atoms with Crippen molar-refractivity contribution in [2.75, 3.05) is 35.8 Å². The van der Waals surface area contributed by atoms with Gasteiger partial charge < -0.3 is 14.2 Å². The molecule has 0 saturated carbocycles. The van der Waals surface area contributed by atoms with Crippen molar-refractivity contribution in [2.24, 2.45) is 0 Å². The van der Waals surface area contributed by atoms with E-state index in [1.54, 1.807) is 0 Å². The van der Waals surface area contributed by atoms with Crippen LogP contribution in [0.2, 0.25) is 0 Å². The first-order valence-corrected chi connectivity index (χ1v) is 13.4. The number of alkyl halides is 3. The van der Waals surface area contributed by atoms with Gasteiger partial charge in [-0.3, -0.25) is 0 Å². The molecule has 0 amide bonds. The molecule has 0 heterocycles. The lowest BCUT2D eigenvalue weighted by molar-refractivity contribution is 0.277. The number of ether oxygens (including phenoxy) is 3. The van der Waals surface area contributed by atoms with Gasteiger partial charge in [-0.15, -0.1) is 0 Å². The topological polar surface area (TPSA) is 27.7 Å². The zero-order valence-corrected chi connectivity index (χ0v) is 21.0. The van der Waals surface area contributed by atoms with Crippen molar-refractivity contribution in [3.8, 4) is 17.2 Å². The molecule has 156 valence electrons. The van der Waals surface area contributed by atoms with E-state index in [4.69, 9.17) is 14.2 Å². The molecule has 6 heteroatoms. The van der Waals surface area contributed by atoms with Gasteiger partial charge in [0, 0.05) is 34.2 Å². The van der Waals surface area contributed by atoms with E-state index >= 15 is 0 Å². The van der Waals surface area contributed by atoms with Gasteiger partial charge in [-0.05, 0) is 57.8 Å². The first kappa shape index (κ1) is 25.1. The molecule has 27 heavy (non-hydrogen) atoms. The fourth-order valence-corrected chi connectivity index (χ4v) is 3.68. The standard InChI is InChI=1S/C21H33Br3O3/c22-10-4-1-7-13-25-19-16-20(26-14-8-2-5-11-23)18-21(17-19)27-15-9-3-6-12-24/h16-18H,1-15H2. The summed E-state index contributed by atoms with van der Waals surface area (Å²) in [4.78, 5) is 0. The van der Waals surface area contributed by atoms with Crippen molar-refractivity contribution < 1.29 is 14.2 Å². The van der Waals surface area contributed by atoms with E-state index in [0.29, 0.717) is 0 Å². The molecule has 0 aliphatic carbocycles. The smallest absolute Gasteiger partial charge is 0.126 e. The molecule has 1 aromatic rings. The molecule has 0 atom stereocenters. The van der Waals surface area contributed by atoms with Crippen molar-refractivity contribution in [1.82, 2.24) is 0 Å². The van der Waals surface area contributed by atoms with Crippen molar-refractivity contribution in [2.45, 2.75) is 57.8 Å². The molecular formula is C21H33Br3O3. The maximum atomic E-state index is 5.94. The normalized spacial score (nSPS) is 10.8. The summed E-state index contributed by atoms with van der Waals surface area (Å²) in [7, 11) is 0. The Hall–Kier alpha value is 0.0600. The van der Waals surface area contributed by atoms with Crippen LogP contribution in [-0.2, 0) is 0 Å². The SMILES string of the molecule is BrCCCCCOc1cc(OCCCCCBr)cc(OCCCCCBr)c1. The second-order valence-corrected chi connectivity index (χ2v) is 8.81. The highest BCUT2D eigenvalue weighted by atomic mass is 79.9. The van der Waals surface area contributed by atoms with E-state index in [-0.39, 0.29) is 0 Å². The Morgan fingerprint density at radius 3 is 1.00 bits per heavy atom. The quantitative estimate of drug-likeness (QED) is 0.134. The van der Waals surface area contributed by atoms with E-state index in [0.717, 1.165) is 72.3 Å². The monoisotopic (exact) mass is 570 g/mol. The third kappa shape index (κ3) is 13.8. The maximum absolute atomic E-state index is 5.94. The van der Waals surface area contributed by atoms with Gasteiger partial charge in [0.05, 0.1) is 19.8 Å². The molecule has 3 nitrogen and oxygen atoms in total. The zero-order chi connectivity index (χ0) is 19.6. The van der Waals surface area contributed by atoms with Crippen LogP contribution < -0.4 is 14.2 Å². The summed E-state index contributed by atoms with van der Waals surface area (Å²) in [6.45, 7) is 2.19. The van der Waals surface area contributed by atoms with E-state index in [1.807, 2.05) is 18.2 Å². The van der Waals surface area contributed by atoms with Crippen molar-refractivity contribution in [1.29, 1.82) is 0 Å². The Morgan fingerprint density at radius 1 is 0.444 bits per heavy atom. The summed E-state index contributed by atoms with van der Waals surface area (Å²) in [5, 5.41) is 3.16. The zero-order valence-electron chi connectivity index (χ0n) is 16.2. The molecule has 1 aromatic carbocycles. The number of unbranched alkanes of at least 4 members (excludes halogenated alkanes) is 6. The minimum absolute atomic E-state index is 0.729. The minimum atomic E-state index is 0.729. The lowest BCUT2D eigenvalue weighted by Crippen LogP contribution is -2.02. The number of hydrogen-bond acceptors (Lipinski definition) is 3. The molecule has 0 unspecified atom stereocenters. The van der Waals surface area contributed by atoms with Gasteiger partial charge in [-0.25, -0.2) is 0 Å². The Labute approximate surface area is 190 Å². The fraction of sp³-hybridized carbons (Fsp3) is 0.714. The lowest BCUT2D eigenvalue weighted by Gasteiger charge is -2.13. The highest BCUT2D eigenvalue weighted by molar-refractivity contribution is 9.09. The van der Waals surface area contributed by atoms with Crippen molar-refractivity contribution in [3.05, 3.63) is 18.2 Å². The van der Waals surface area contributed by atoms with Crippen LogP contribution in [-0.4, -0.2) is 35.8 Å². The maximum Gasteiger partial charge on any atom is 0.126 e. The number of halogens is 3. The van der Waals surface area contributed by atoms with Crippen LogP contribution in [0, 0.1) is 0 Å². The van der Waals surface area contributed by atoms with Crippen LogP contribution in [0.1, 0.15) is 57.8 Å². The average molecular weight is 573 g/mol. The predicted molar refractivity (Wildman–Crippen MR) is 126 cm³/mol. The third-order valence-electron chi connectivity index (χ3n) is 3.99. The summed E-state index contributed by atoms with van der Waals surface area (Å²) >= 11 is 10.4. The Kier molecular flexibility index (Phi) is 16.8. The van der Waals surface area contributed by atoms with Gasteiger partial charge in [0.25, 0.3) is 0 Å². The summed E-state index contributed by atoms with van der Waals surface area (Å²) in [6, 6.07) is 5.94. The van der Waals surface area contributed by atoms with Gasteiger partial charge in [0.15, 0.2) is 0 Å². The molecule has 0 aliphatic heterocycles. The van der Waals surface area contributed by atoms with Crippen LogP contribution in [0.5, 0.6) is 17.2 Å². The Bertz CT molecular complexity index is 393. The van der Waals surface area contributed by atoms with E-state index in [1.165, 1.54) is 38.5 Å². The van der Waals surface area contributed by atoms with Gasteiger partial charge in [-0.2, -0.15) is 0 Å². The first-order valence-electron chi connectivity index (χ1n) is 10.0. The Balaban J connectivity index is 2.52. The first-order chi connectivity index (χ1) is 13.3. The molecular weight excluding hydrogens is 540 g/mol. The molecule has 0 saturated heterocycles. The molecule has 1 rings (SSSR count). The van der Waals surface area contributed by atoms with Gasteiger partial charge in [0.1, 0.15) is 17.2 Å². The summed E-state index contributed by atoms with van der Waals surface area (Å²) in [5.74, 6) is 2.51. The largest absolute Gasteiger partial charge is 0.493 e. The summed E-state index contributed by atoms with van der Waals surface area (Å²) < 4.78 is 17.8. The molecule has 0 bridgehead atoms. The Morgan fingerprint density at radius 2 is 0.741 bits per heavy atom. The van der Waals surface area contributed by atoms with Crippen LogP contribution in [0.25, 0.3) is 0 Å². The molecule has 0 fully saturated rings. The second kappa shape index (κ2) is 18.1. The van der Waals surface area contributed by atoms with E-state index < -0.39 is 0 Å². The second-order valence-electron chi connectivity index (χ2n) is 6.43. The molecule has 0 aliphatic rings. The van der Waals surface area contributed by atoms with Crippen LogP contribution in [0.4, 0.5) is 0 Å². The van der Waals surface area contributed by atoms with Crippen LogP contribution >= 0.6 is 47.8 Å². The number of hydrogen-bond donors (Lipinski definition) is 0. The van der Waals surface area contributed by atoms with E-state index in [9.17, 15) is 0 Å². The number of benzene rings is 1. The fourth-order valence-electron chi connectivity index (χ4n) is 2.49. The average Bonchev–Trinajstić information content (AvgIpc) is 2.67. The van der Waals surface area contributed by atoms with Crippen molar-refractivity contribution >= 4 is 47.8 Å². The third-order valence-corrected chi connectivity index (χ3v) is 5.68. The molecule has 0 radical (unpaired) electrons. The highest BCUT2D eigenvalue weighted by Crippen LogP contribution is 2.28. The summed E-state index contributed by atoms with van der Waals surface area (Å²) in [6.07, 6.45) is 10.3. The van der Waals surface area contributed by atoms with Gasteiger partial charge in [0.2, 0.25) is 0 Å². The van der Waals surface area contributed by atoms with Crippen LogP contribution in [0.15, 0.2) is 18.2 Å². The predicted octanol–water partition coefficient (Wildman–Crippen LogP) is 7.52. The molecule has 0 aromatic heterocycles. The molecule has 0 N–H and O–H groups in total. The molecule has 0 spiro atoms. The summed E-state index contributed by atoms with van der Waals surface area (Å²) in [5.41, 5.74) is 0. The van der Waals surface area contributed by atoms with Crippen molar-refractivity contribution in [3.63, 3.8) is 0 Å².